The Labute approximate surface area is 169 Å². The van der Waals surface area contributed by atoms with E-state index in [-0.39, 0.29) is 0 Å². The smallest absolute Gasteiger partial charge is 0.173 e. The monoisotopic (exact) mass is 400 g/mol. The molecule has 1 aromatic heterocycles. The zero-order valence-electron chi connectivity index (χ0n) is 14.6. The van der Waals surface area contributed by atoms with Crippen molar-refractivity contribution in [3.63, 3.8) is 0 Å². The lowest BCUT2D eigenvalue weighted by Gasteiger charge is -2.26. The van der Waals surface area contributed by atoms with Crippen molar-refractivity contribution in [1.82, 2.24) is 4.90 Å². The largest absolute Gasteiger partial charge is 0.344 e. The van der Waals surface area contributed by atoms with Gasteiger partial charge in [-0.3, -0.25) is 0 Å². The van der Waals surface area contributed by atoms with Crippen LogP contribution >= 0.6 is 35.2 Å². The van der Waals surface area contributed by atoms with E-state index in [1.165, 1.54) is 10.4 Å². The summed E-state index contributed by atoms with van der Waals surface area (Å²) in [5.74, 6) is 0. The van der Waals surface area contributed by atoms with E-state index in [9.17, 15) is 0 Å². The van der Waals surface area contributed by atoms with Gasteiger partial charge < -0.3 is 10.2 Å². The minimum Gasteiger partial charge on any atom is -0.344 e. The van der Waals surface area contributed by atoms with Crippen molar-refractivity contribution in [1.29, 1.82) is 0 Å². The highest BCUT2D eigenvalue weighted by Gasteiger charge is 2.13. The number of anilines is 1. The Kier molecular flexibility index (Phi) is 6.67. The first-order valence-electron chi connectivity index (χ1n) is 8.51. The van der Waals surface area contributed by atoms with E-state index in [1.807, 2.05) is 31.2 Å². The highest BCUT2D eigenvalue weighted by molar-refractivity contribution is 7.80. The van der Waals surface area contributed by atoms with Crippen molar-refractivity contribution in [3.8, 4) is 0 Å². The van der Waals surface area contributed by atoms with Crippen LogP contribution in [0.25, 0.3) is 0 Å². The van der Waals surface area contributed by atoms with Gasteiger partial charge in [-0.25, -0.2) is 0 Å². The molecule has 26 heavy (non-hydrogen) atoms. The zero-order valence-corrected chi connectivity index (χ0v) is 17.0. The molecular weight excluding hydrogens is 380 g/mol. The zero-order chi connectivity index (χ0) is 18.4. The molecule has 5 heteroatoms. The Hall–Kier alpha value is -1.88. The number of hydrogen-bond acceptors (Lipinski definition) is 2. The Bertz CT molecular complexity index is 848. The van der Waals surface area contributed by atoms with E-state index in [0.29, 0.717) is 0 Å². The third kappa shape index (κ3) is 5.07. The first-order valence-corrected chi connectivity index (χ1v) is 10.2. The number of hydrogen-bond donors (Lipinski definition) is 1. The van der Waals surface area contributed by atoms with Crippen LogP contribution in [0.5, 0.6) is 0 Å². The molecule has 3 rings (SSSR count). The highest BCUT2D eigenvalue weighted by atomic mass is 35.5. The minimum atomic E-state index is 0.722. The molecule has 1 heterocycles. The van der Waals surface area contributed by atoms with Crippen LogP contribution < -0.4 is 5.32 Å². The molecule has 0 bridgehead atoms. The van der Waals surface area contributed by atoms with Gasteiger partial charge in [-0.05, 0) is 60.3 Å². The lowest BCUT2D eigenvalue weighted by atomic mass is 10.1. The van der Waals surface area contributed by atoms with Crippen molar-refractivity contribution < 1.29 is 0 Å². The molecule has 3 aromatic rings. The molecule has 2 nitrogen and oxygen atoms in total. The van der Waals surface area contributed by atoms with Gasteiger partial charge >= 0.3 is 0 Å². The van der Waals surface area contributed by atoms with Gasteiger partial charge in [-0.15, -0.1) is 11.3 Å². The van der Waals surface area contributed by atoms with Gasteiger partial charge in [0.2, 0.25) is 0 Å². The van der Waals surface area contributed by atoms with Crippen LogP contribution in [0.3, 0.4) is 0 Å². The molecule has 2 aromatic carbocycles. The fraction of sp³-hybridized carbons (Fsp3) is 0.190. The fourth-order valence-corrected chi connectivity index (χ4v) is 3.85. The summed E-state index contributed by atoms with van der Waals surface area (Å²) in [7, 11) is 0. The molecule has 0 saturated carbocycles. The lowest BCUT2D eigenvalue weighted by molar-refractivity contribution is 0.427. The maximum Gasteiger partial charge on any atom is 0.173 e. The van der Waals surface area contributed by atoms with Crippen LogP contribution in [0.4, 0.5) is 5.69 Å². The third-order valence-electron chi connectivity index (χ3n) is 4.24. The van der Waals surface area contributed by atoms with E-state index < -0.39 is 0 Å². The van der Waals surface area contributed by atoms with E-state index in [0.717, 1.165) is 40.9 Å². The van der Waals surface area contributed by atoms with Crippen molar-refractivity contribution in [3.05, 3.63) is 87.1 Å². The number of thiophene rings is 1. The van der Waals surface area contributed by atoms with Gasteiger partial charge in [0.05, 0.1) is 6.54 Å². The van der Waals surface area contributed by atoms with Gasteiger partial charge in [-0.1, -0.05) is 54.1 Å². The van der Waals surface area contributed by atoms with Crippen LogP contribution in [0.1, 0.15) is 16.0 Å². The summed E-state index contributed by atoms with van der Waals surface area (Å²) < 4.78 is 0. The van der Waals surface area contributed by atoms with Gasteiger partial charge in [0, 0.05) is 22.1 Å². The molecule has 0 aliphatic rings. The van der Waals surface area contributed by atoms with Crippen LogP contribution in [0.15, 0.2) is 66.0 Å². The molecule has 0 radical (unpaired) electrons. The fourth-order valence-electron chi connectivity index (χ4n) is 2.69. The van der Waals surface area contributed by atoms with Gasteiger partial charge in [-0.2, -0.15) is 0 Å². The second-order valence-electron chi connectivity index (χ2n) is 6.08. The predicted octanol–water partition coefficient (Wildman–Crippen LogP) is 6.15. The Balaban J connectivity index is 1.73. The Morgan fingerprint density at radius 2 is 1.88 bits per heavy atom. The molecule has 0 aliphatic heterocycles. The summed E-state index contributed by atoms with van der Waals surface area (Å²) in [6.45, 7) is 3.66. The topological polar surface area (TPSA) is 15.3 Å². The van der Waals surface area contributed by atoms with Crippen molar-refractivity contribution in [2.24, 2.45) is 0 Å². The van der Waals surface area contributed by atoms with Crippen LogP contribution in [0.2, 0.25) is 5.02 Å². The number of nitrogens with zero attached hydrogens (tertiary/aromatic N) is 1. The molecule has 0 unspecified atom stereocenters. The SMILES string of the molecule is Cc1c(Cl)cccc1NC(=S)N(CCc1ccccc1)Cc1cccs1. The first kappa shape index (κ1) is 18.9. The number of halogens is 1. The quantitative estimate of drug-likeness (QED) is 0.499. The maximum atomic E-state index is 6.24. The van der Waals surface area contributed by atoms with Gasteiger partial charge in [0.15, 0.2) is 5.11 Å². The Morgan fingerprint density at radius 3 is 2.62 bits per heavy atom. The molecule has 0 aliphatic carbocycles. The van der Waals surface area contributed by atoms with Crippen LogP contribution in [-0.2, 0) is 13.0 Å². The summed E-state index contributed by atoms with van der Waals surface area (Å²) in [5, 5.41) is 6.94. The summed E-state index contributed by atoms with van der Waals surface area (Å²) >= 11 is 13.7. The molecule has 0 fully saturated rings. The van der Waals surface area contributed by atoms with E-state index in [2.05, 4.69) is 52.0 Å². The number of nitrogens with one attached hydrogen (secondary N) is 1. The lowest BCUT2D eigenvalue weighted by Crippen LogP contribution is -2.35. The van der Waals surface area contributed by atoms with Gasteiger partial charge in [0.1, 0.15) is 0 Å². The predicted molar refractivity (Wildman–Crippen MR) is 117 cm³/mol. The molecule has 0 saturated heterocycles. The third-order valence-corrected chi connectivity index (χ3v) is 5.87. The van der Waals surface area contributed by atoms with Crippen molar-refractivity contribution in [2.75, 3.05) is 11.9 Å². The van der Waals surface area contributed by atoms with E-state index >= 15 is 0 Å². The maximum absolute atomic E-state index is 6.24. The number of benzene rings is 2. The summed E-state index contributed by atoms with van der Waals surface area (Å²) in [4.78, 5) is 3.51. The average Bonchev–Trinajstić information content (AvgIpc) is 3.16. The average molecular weight is 401 g/mol. The molecular formula is C21H21ClN2S2. The second kappa shape index (κ2) is 9.17. The molecule has 0 amide bonds. The van der Waals surface area contributed by atoms with Crippen LogP contribution in [0, 0.1) is 6.92 Å². The highest BCUT2D eigenvalue weighted by Crippen LogP contribution is 2.23. The normalized spacial score (nSPS) is 10.5. The number of thiocarbonyl (C=S) groups is 1. The summed E-state index contributed by atoms with van der Waals surface area (Å²) in [5.41, 5.74) is 3.28. The molecule has 1 N–H and O–H groups in total. The molecule has 0 spiro atoms. The molecule has 134 valence electrons. The van der Waals surface area contributed by atoms with Crippen LogP contribution in [-0.4, -0.2) is 16.6 Å². The van der Waals surface area contributed by atoms with Gasteiger partial charge in [0.25, 0.3) is 0 Å². The number of rotatable bonds is 6. The van der Waals surface area contributed by atoms with Crippen molar-refractivity contribution in [2.45, 2.75) is 19.9 Å². The van der Waals surface area contributed by atoms with E-state index in [1.54, 1.807) is 11.3 Å². The summed E-state index contributed by atoms with van der Waals surface area (Å²) in [6, 6.07) is 20.6. The second-order valence-corrected chi connectivity index (χ2v) is 7.91. The minimum absolute atomic E-state index is 0.722. The molecule has 0 atom stereocenters. The standard InChI is InChI=1S/C21H21ClN2S2/c1-16-19(22)10-5-11-20(16)23-21(25)24(15-18-9-6-14-26-18)13-12-17-7-3-2-4-8-17/h2-11,14H,12-13,15H2,1H3,(H,23,25). The first-order chi connectivity index (χ1) is 12.6. The summed E-state index contributed by atoms with van der Waals surface area (Å²) in [6.07, 6.45) is 0.947. The van der Waals surface area contributed by atoms with Crippen molar-refractivity contribution >= 4 is 46.0 Å². The van der Waals surface area contributed by atoms with E-state index in [4.69, 9.17) is 23.8 Å². The Morgan fingerprint density at radius 1 is 1.08 bits per heavy atom.